The fourth-order valence-electron chi connectivity index (χ4n) is 3.45. The Morgan fingerprint density at radius 1 is 0.821 bits per heavy atom. The van der Waals surface area contributed by atoms with Crippen molar-refractivity contribution in [2.24, 2.45) is 0 Å². The number of carbonyl (C=O) groups is 4. The molecule has 5 N–H and O–H groups in total. The van der Waals surface area contributed by atoms with Gasteiger partial charge >= 0.3 is 5.97 Å². The summed E-state index contributed by atoms with van der Waals surface area (Å²) in [7, 11) is 2.86. The van der Waals surface area contributed by atoms with Crippen molar-refractivity contribution < 1.29 is 49.4 Å². The number of benzene rings is 1. The summed E-state index contributed by atoms with van der Waals surface area (Å²) in [5.74, 6) is -1.91. The van der Waals surface area contributed by atoms with Crippen LogP contribution in [-0.2, 0) is 19.1 Å². The zero-order valence-electron chi connectivity index (χ0n) is 21.9. The van der Waals surface area contributed by atoms with Gasteiger partial charge < -0.3 is 45.0 Å². The molecule has 0 saturated heterocycles. The third-order valence-electron chi connectivity index (χ3n) is 5.70. The smallest absolute Gasteiger partial charge is 0.302 e. The van der Waals surface area contributed by atoms with Crippen LogP contribution in [0.25, 0.3) is 0 Å². The third-order valence-corrected chi connectivity index (χ3v) is 8.82. The molecule has 3 amide bonds. The van der Waals surface area contributed by atoms with Crippen LogP contribution in [0.2, 0.25) is 0 Å². The van der Waals surface area contributed by atoms with Crippen LogP contribution >= 0.6 is 67.8 Å². The Hall–Kier alpha value is -0.910. The van der Waals surface area contributed by atoms with Gasteiger partial charge in [-0.1, -0.05) is 0 Å². The number of carbonyl (C=O) groups excluding carboxylic acids is 4. The monoisotopic (exact) mass is 891 g/mol. The van der Waals surface area contributed by atoms with Crippen LogP contribution in [0.15, 0.2) is 0 Å². The maximum atomic E-state index is 13.7. The first kappa shape index (κ1) is 36.1. The van der Waals surface area contributed by atoms with Crippen molar-refractivity contribution in [2.75, 3.05) is 50.2 Å². The number of nitrogens with zero attached hydrogens (tertiary/aromatic N) is 3. The van der Waals surface area contributed by atoms with Gasteiger partial charge in [0.15, 0.2) is 0 Å². The van der Waals surface area contributed by atoms with Crippen molar-refractivity contribution >= 4 is 103 Å². The Morgan fingerprint density at radius 2 is 1.33 bits per heavy atom. The zero-order valence-corrected chi connectivity index (χ0v) is 28.4. The molecule has 0 spiro atoms. The molecule has 4 atom stereocenters. The van der Waals surface area contributed by atoms with Gasteiger partial charge in [-0.15, -0.1) is 0 Å². The third kappa shape index (κ3) is 9.04. The molecule has 0 aliphatic carbocycles. The first-order chi connectivity index (χ1) is 18.0. The second-order valence-corrected chi connectivity index (χ2v) is 11.8. The Kier molecular flexibility index (Phi) is 14.7. The van der Waals surface area contributed by atoms with E-state index in [0.717, 1.165) is 4.90 Å². The number of hydrogen-bond acceptors (Lipinski definition) is 10. The predicted molar refractivity (Wildman–Crippen MR) is 166 cm³/mol. The Labute approximate surface area is 266 Å². The van der Waals surface area contributed by atoms with E-state index in [9.17, 15) is 39.6 Å². The average molecular weight is 891 g/mol. The molecular formula is C23H32I3N3O10. The number of aliphatic hydroxyl groups excluding tert-OH is 5. The van der Waals surface area contributed by atoms with Gasteiger partial charge in [0.1, 0.15) is 31.0 Å². The Morgan fingerprint density at radius 3 is 1.79 bits per heavy atom. The van der Waals surface area contributed by atoms with Crippen molar-refractivity contribution in [3.8, 4) is 0 Å². The molecule has 0 unspecified atom stereocenters. The molecule has 1 rings (SSSR count). The lowest BCUT2D eigenvalue weighted by Gasteiger charge is -2.31. The number of amides is 3. The van der Waals surface area contributed by atoms with Gasteiger partial charge in [0.25, 0.3) is 5.91 Å². The molecule has 1 aromatic rings. The minimum atomic E-state index is -1.87. The second-order valence-electron chi connectivity index (χ2n) is 8.59. The molecule has 0 aliphatic heterocycles. The van der Waals surface area contributed by atoms with E-state index in [1.165, 1.54) is 44.7 Å². The van der Waals surface area contributed by atoms with Gasteiger partial charge in [0, 0.05) is 41.4 Å². The molecule has 13 nitrogen and oxygen atoms in total. The Balaban J connectivity index is 3.67. The van der Waals surface area contributed by atoms with E-state index >= 15 is 0 Å². The fraction of sp³-hybridized carbons (Fsp3) is 0.565. The minimum Gasteiger partial charge on any atom is -0.464 e. The Bertz CT molecular complexity index is 1090. The molecule has 0 heterocycles. The maximum absolute atomic E-state index is 13.7. The minimum absolute atomic E-state index is 0.0236. The van der Waals surface area contributed by atoms with Gasteiger partial charge in [-0.2, -0.15) is 0 Å². The largest absolute Gasteiger partial charge is 0.464 e. The SMILES string of the molecule is CC(=O)OCCN(C(C)=O)c1c(I)c(C(=O)N(C)C[C@H](O)[C@@H](O)[C@H](O)[C@H](O)CO)c(I)c(N(C)C(C)=O)c1I. The summed E-state index contributed by atoms with van der Waals surface area (Å²) in [6.07, 6.45) is -7.13. The zero-order chi connectivity index (χ0) is 30.4. The van der Waals surface area contributed by atoms with Crippen LogP contribution in [0.4, 0.5) is 11.4 Å². The first-order valence-corrected chi connectivity index (χ1v) is 14.7. The van der Waals surface area contributed by atoms with E-state index in [1.54, 1.807) is 0 Å². The lowest BCUT2D eigenvalue weighted by molar-refractivity contribution is -0.141. The summed E-state index contributed by atoms with van der Waals surface area (Å²) in [6, 6.07) is 0. The molecule has 1 aromatic carbocycles. The van der Waals surface area contributed by atoms with Crippen LogP contribution in [0.3, 0.4) is 0 Å². The van der Waals surface area contributed by atoms with Crippen LogP contribution in [0.5, 0.6) is 0 Å². The van der Waals surface area contributed by atoms with Gasteiger partial charge in [0.2, 0.25) is 11.8 Å². The number of esters is 1. The van der Waals surface area contributed by atoms with Crippen LogP contribution in [0, 0.1) is 10.7 Å². The average Bonchev–Trinajstić information content (AvgIpc) is 2.85. The normalized spacial score (nSPS) is 14.2. The number of halogens is 3. The maximum Gasteiger partial charge on any atom is 0.302 e. The molecule has 0 saturated carbocycles. The standard InChI is InChI=1S/C23H32I3N3O10/c1-10(31)28(5)19-16(24)15(23(38)27(4)8-13(34)21(36)22(37)14(35)9-30)17(25)20(18(19)26)29(11(2)32)6-7-39-12(3)33/h13-14,21-22,30,34-37H,6-9H2,1-5H3/t13-,14+,21+,22+/m0/s1. The van der Waals surface area contributed by atoms with Crippen LogP contribution < -0.4 is 9.80 Å². The number of likely N-dealkylation sites (N-methyl/N-ethyl adjacent to an activating group) is 1. The molecule has 16 heteroatoms. The van der Waals surface area contributed by atoms with Crippen molar-refractivity contribution in [1.29, 1.82) is 0 Å². The van der Waals surface area contributed by atoms with Gasteiger partial charge in [-0.25, -0.2) is 0 Å². The number of anilines is 2. The molecule has 0 fully saturated rings. The summed E-state index contributed by atoms with van der Waals surface area (Å²) >= 11 is 5.81. The number of ether oxygens (including phenoxy) is 1. The van der Waals surface area contributed by atoms with Crippen molar-refractivity contribution in [3.05, 3.63) is 16.3 Å². The lowest BCUT2D eigenvalue weighted by atomic mass is 10.0. The summed E-state index contributed by atoms with van der Waals surface area (Å²) in [6.45, 7) is 2.43. The van der Waals surface area contributed by atoms with E-state index in [2.05, 4.69) is 0 Å². The highest BCUT2D eigenvalue weighted by Gasteiger charge is 2.35. The number of rotatable bonds is 12. The lowest BCUT2D eigenvalue weighted by Crippen LogP contribution is -2.50. The van der Waals surface area contributed by atoms with Crippen molar-refractivity contribution in [1.82, 2.24) is 4.90 Å². The molecule has 39 heavy (non-hydrogen) atoms. The molecule has 0 bridgehead atoms. The summed E-state index contributed by atoms with van der Waals surface area (Å²) < 4.78 is 6.23. The van der Waals surface area contributed by atoms with E-state index < -0.39 is 55.4 Å². The molecule has 220 valence electrons. The van der Waals surface area contributed by atoms with Crippen molar-refractivity contribution in [3.63, 3.8) is 0 Å². The highest BCUT2D eigenvalue weighted by molar-refractivity contribution is 14.1. The van der Waals surface area contributed by atoms with Crippen LogP contribution in [0.1, 0.15) is 31.1 Å². The van der Waals surface area contributed by atoms with Crippen molar-refractivity contribution in [2.45, 2.75) is 45.2 Å². The molecular weight excluding hydrogens is 859 g/mol. The first-order valence-electron chi connectivity index (χ1n) is 11.4. The van der Waals surface area contributed by atoms with Gasteiger partial charge in [-0.05, 0) is 67.8 Å². The van der Waals surface area contributed by atoms with E-state index in [0.29, 0.717) is 22.1 Å². The van der Waals surface area contributed by atoms with E-state index in [1.807, 2.05) is 67.8 Å². The van der Waals surface area contributed by atoms with E-state index in [4.69, 9.17) is 9.84 Å². The molecule has 0 aliphatic rings. The summed E-state index contributed by atoms with van der Waals surface area (Å²) in [5.41, 5.74) is 0.781. The fourth-order valence-corrected chi connectivity index (χ4v) is 8.38. The van der Waals surface area contributed by atoms with E-state index in [-0.39, 0.29) is 24.6 Å². The summed E-state index contributed by atoms with van der Waals surface area (Å²) in [5, 5.41) is 49.1. The molecule has 0 aromatic heterocycles. The molecule has 0 radical (unpaired) electrons. The number of aliphatic hydroxyl groups is 5. The predicted octanol–water partition coefficient (Wildman–Crippen LogP) is -0.0930. The topological polar surface area (TPSA) is 188 Å². The van der Waals surface area contributed by atoms with Crippen LogP contribution in [-0.4, -0.2) is 119 Å². The highest BCUT2D eigenvalue weighted by Crippen LogP contribution is 2.42. The highest BCUT2D eigenvalue weighted by atomic mass is 127. The van der Waals surface area contributed by atoms with Gasteiger partial charge in [0.05, 0.1) is 40.8 Å². The number of hydrogen-bond donors (Lipinski definition) is 5. The quantitative estimate of drug-likeness (QED) is 0.140. The van der Waals surface area contributed by atoms with Gasteiger partial charge in [-0.3, -0.25) is 19.2 Å². The summed E-state index contributed by atoms with van der Waals surface area (Å²) in [4.78, 5) is 53.7. The second kappa shape index (κ2) is 15.9.